The molecule has 1 aliphatic heterocycles. The van der Waals surface area contributed by atoms with Gasteiger partial charge in [-0.15, -0.1) is 0 Å². The van der Waals surface area contributed by atoms with Gasteiger partial charge in [-0.1, -0.05) is 6.07 Å². The Hall–Kier alpha value is -1.56. The highest BCUT2D eigenvalue weighted by Gasteiger charge is 2.61. The first-order valence-corrected chi connectivity index (χ1v) is 6.42. The third-order valence-corrected chi connectivity index (χ3v) is 3.90. The van der Waals surface area contributed by atoms with Crippen LogP contribution in [0.1, 0.15) is 17.5 Å². The van der Waals surface area contributed by atoms with E-state index in [0.717, 1.165) is 11.1 Å². The molecule has 0 aliphatic carbocycles. The van der Waals surface area contributed by atoms with E-state index in [-0.39, 0.29) is 19.5 Å². The Morgan fingerprint density at radius 3 is 2.50 bits per heavy atom. The minimum absolute atomic E-state index is 0.194. The molecule has 3 nitrogen and oxygen atoms in total. The summed E-state index contributed by atoms with van der Waals surface area (Å²) in [6.07, 6.45) is -4.78. The lowest BCUT2D eigenvalue weighted by Gasteiger charge is -2.29. The molecule has 1 fully saturated rings. The molecule has 1 aliphatic rings. The van der Waals surface area contributed by atoms with Gasteiger partial charge in [0.05, 0.1) is 0 Å². The monoisotopic (exact) mass is 286 g/mol. The van der Waals surface area contributed by atoms with E-state index in [1.54, 1.807) is 18.2 Å². The van der Waals surface area contributed by atoms with Gasteiger partial charge in [-0.3, -0.25) is 4.79 Å². The number of carbonyl (C=O) groups is 1. The number of benzene rings is 1. The molecule has 0 bridgehead atoms. The predicted octanol–water partition coefficient (Wildman–Crippen LogP) is 2.78. The average molecular weight is 286 g/mol. The van der Waals surface area contributed by atoms with Crippen LogP contribution in [0, 0.1) is 19.3 Å². The van der Waals surface area contributed by atoms with Crippen LogP contribution in [-0.2, 0) is 4.79 Å². The second-order valence-electron chi connectivity index (χ2n) is 5.26. The highest BCUT2D eigenvalue weighted by atomic mass is 19.4. The quantitative estimate of drug-likeness (QED) is 0.877. The first kappa shape index (κ1) is 14.8. The lowest BCUT2D eigenvalue weighted by Crippen LogP contribution is -2.49. The number of nitrogens with one attached hydrogen (secondary N) is 2. The Morgan fingerprint density at radius 2 is 2.00 bits per heavy atom. The molecule has 20 heavy (non-hydrogen) atoms. The molecule has 110 valence electrons. The van der Waals surface area contributed by atoms with Gasteiger partial charge in [-0.25, -0.2) is 0 Å². The molecule has 1 atom stereocenters. The molecule has 0 radical (unpaired) electrons. The van der Waals surface area contributed by atoms with Gasteiger partial charge in [0.25, 0.3) is 0 Å². The lowest BCUT2D eigenvalue weighted by molar-refractivity contribution is -0.213. The van der Waals surface area contributed by atoms with Crippen molar-refractivity contribution in [2.24, 2.45) is 5.41 Å². The maximum Gasteiger partial charge on any atom is 0.404 e. The van der Waals surface area contributed by atoms with Gasteiger partial charge in [0.2, 0.25) is 5.91 Å². The van der Waals surface area contributed by atoms with Crippen molar-refractivity contribution < 1.29 is 18.0 Å². The first-order valence-electron chi connectivity index (χ1n) is 6.42. The summed E-state index contributed by atoms with van der Waals surface area (Å²) >= 11 is 0. The molecule has 1 saturated heterocycles. The fraction of sp³-hybridized carbons (Fsp3) is 0.500. The SMILES string of the molecule is Cc1ccc(NC(=O)C2(C(F)(F)F)CCNC2)cc1C. The van der Waals surface area contributed by atoms with Crippen molar-refractivity contribution in [3.05, 3.63) is 29.3 Å². The molecular weight excluding hydrogens is 269 g/mol. The van der Waals surface area contributed by atoms with Crippen molar-refractivity contribution in [3.63, 3.8) is 0 Å². The van der Waals surface area contributed by atoms with Gasteiger partial charge < -0.3 is 10.6 Å². The largest absolute Gasteiger partial charge is 0.404 e. The number of amides is 1. The number of hydrogen-bond acceptors (Lipinski definition) is 2. The molecule has 1 amide bonds. The van der Waals surface area contributed by atoms with E-state index >= 15 is 0 Å². The smallest absolute Gasteiger partial charge is 0.325 e. The number of aryl methyl sites for hydroxylation is 2. The van der Waals surface area contributed by atoms with Crippen LogP contribution in [-0.4, -0.2) is 25.2 Å². The molecular formula is C14H17F3N2O. The van der Waals surface area contributed by atoms with Crippen molar-refractivity contribution in [3.8, 4) is 0 Å². The van der Waals surface area contributed by atoms with Crippen LogP contribution in [0.5, 0.6) is 0 Å². The molecule has 0 aromatic heterocycles. The van der Waals surface area contributed by atoms with Crippen molar-refractivity contribution in [1.29, 1.82) is 0 Å². The fourth-order valence-corrected chi connectivity index (χ4v) is 2.33. The molecule has 0 saturated carbocycles. The number of rotatable bonds is 2. The summed E-state index contributed by atoms with van der Waals surface area (Å²) < 4.78 is 39.6. The second kappa shape index (κ2) is 5.09. The van der Waals surface area contributed by atoms with Gasteiger partial charge in [0.1, 0.15) is 0 Å². The van der Waals surface area contributed by atoms with Gasteiger partial charge in [-0.2, -0.15) is 13.2 Å². The number of anilines is 1. The molecule has 1 unspecified atom stereocenters. The standard InChI is InChI=1S/C14H17F3N2O/c1-9-3-4-11(7-10(9)2)19-12(20)13(14(15,16)17)5-6-18-8-13/h3-4,7,18H,5-6,8H2,1-2H3,(H,19,20). The Kier molecular flexibility index (Phi) is 3.77. The van der Waals surface area contributed by atoms with E-state index < -0.39 is 17.5 Å². The normalized spacial score (nSPS) is 22.9. The molecule has 2 N–H and O–H groups in total. The Morgan fingerprint density at radius 1 is 1.30 bits per heavy atom. The van der Waals surface area contributed by atoms with Crippen LogP contribution in [0.25, 0.3) is 0 Å². The first-order chi connectivity index (χ1) is 9.26. The number of hydrogen-bond donors (Lipinski definition) is 2. The Balaban J connectivity index is 2.23. The second-order valence-corrected chi connectivity index (χ2v) is 5.26. The van der Waals surface area contributed by atoms with Crippen molar-refractivity contribution in [1.82, 2.24) is 5.32 Å². The minimum atomic E-state index is -4.56. The predicted molar refractivity (Wildman–Crippen MR) is 70.5 cm³/mol. The van der Waals surface area contributed by atoms with E-state index in [0.29, 0.717) is 5.69 Å². The molecule has 6 heteroatoms. The van der Waals surface area contributed by atoms with Crippen LogP contribution in [0.15, 0.2) is 18.2 Å². The van der Waals surface area contributed by atoms with Crippen molar-refractivity contribution >= 4 is 11.6 Å². The summed E-state index contributed by atoms with van der Waals surface area (Å²) in [5.41, 5.74) is 0.0179. The van der Waals surface area contributed by atoms with E-state index in [1.165, 1.54) is 0 Å². The number of carbonyl (C=O) groups excluding carboxylic acids is 1. The average Bonchev–Trinajstić information content (AvgIpc) is 2.84. The van der Waals surface area contributed by atoms with E-state index in [9.17, 15) is 18.0 Å². The van der Waals surface area contributed by atoms with E-state index in [4.69, 9.17) is 0 Å². The summed E-state index contributed by atoms with van der Waals surface area (Å²) in [5, 5.41) is 5.03. The molecule has 1 heterocycles. The number of alkyl halides is 3. The van der Waals surface area contributed by atoms with Crippen LogP contribution >= 0.6 is 0 Å². The van der Waals surface area contributed by atoms with Crippen molar-refractivity contribution in [2.45, 2.75) is 26.4 Å². The molecule has 2 rings (SSSR count). The maximum atomic E-state index is 13.2. The zero-order valence-corrected chi connectivity index (χ0v) is 11.4. The molecule has 0 spiro atoms. The van der Waals surface area contributed by atoms with E-state index in [2.05, 4.69) is 10.6 Å². The third-order valence-electron chi connectivity index (χ3n) is 3.90. The van der Waals surface area contributed by atoms with Gasteiger partial charge in [-0.05, 0) is 50.1 Å². The summed E-state index contributed by atoms with van der Waals surface area (Å²) in [6.45, 7) is 3.58. The summed E-state index contributed by atoms with van der Waals surface area (Å²) in [5.74, 6) is -0.988. The highest BCUT2D eigenvalue weighted by molar-refractivity contribution is 5.96. The van der Waals surface area contributed by atoms with Crippen LogP contribution < -0.4 is 10.6 Å². The van der Waals surface area contributed by atoms with Crippen LogP contribution in [0.4, 0.5) is 18.9 Å². The van der Waals surface area contributed by atoms with Gasteiger partial charge in [0.15, 0.2) is 5.41 Å². The fourth-order valence-electron chi connectivity index (χ4n) is 2.33. The lowest BCUT2D eigenvalue weighted by atomic mass is 9.85. The molecule has 1 aromatic carbocycles. The van der Waals surface area contributed by atoms with Gasteiger partial charge >= 0.3 is 6.18 Å². The Labute approximate surface area is 115 Å². The summed E-state index contributed by atoms with van der Waals surface area (Å²) in [4.78, 5) is 12.1. The topological polar surface area (TPSA) is 41.1 Å². The zero-order chi connectivity index (χ0) is 15.0. The van der Waals surface area contributed by atoms with Crippen molar-refractivity contribution in [2.75, 3.05) is 18.4 Å². The minimum Gasteiger partial charge on any atom is -0.325 e. The zero-order valence-electron chi connectivity index (χ0n) is 11.4. The maximum absolute atomic E-state index is 13.2. The van der Waals surface area contributed by atoms with E-state index in [1.807, 2.05) is 13.8 Å². The number of halogens is 3. The third kappa shape index (κ3) is 2.52. The Bertz CT molecular complexity index is 520. The molecule has 1 aromatic rings. The summed E-state index contributed by atoms with van der Waals surface area (Å²) in [7, 11) is 0. The van der Waals surface area contributed by atoms with Gasteiger partial charge in [0, 0.05) is 12.2 Å². The van der Waals surface area contributed by atoms with Crippen LogP contribution in [0.3, 0.4) is 0 Å². The summed E-state index contributed by atoms with van der Waals surface area (Å²) in [6, 6.07) is 5.07. The highest BCUT2D eigenvalue weighted by Crippen LogP contribution is 2.43. The van der Waals surface area contributed by atoms with Crippen LogP contribution in [0.2, 0.25) is 0 Å².